The van der Waals surface area contributed by atoms with Gasteiger partial charge in [-0.25, -0.2) is 0 Å². The van der Waals surface area contributed by atoms with Crippen LogP contribution < -0.4 is 0 Å². The lowest BCUT2D eigenvalue weighted by Gasteiger charge is -2.32. The van der Waals surface area contributed by atoms with Gasteiger partial charge in [0.2, 0.25) is 0 Å². The summed E-state index contributed by atoms with van der Waals surface area (Å²) < 4.78 is 5.96. The molecule has 3 aliphatic rings. The van der Waals surface area contributed by atoms with Crippen LogP contribution in [0.25, 0.3) is 0 Å². The molecule has 0 aliphatic heterocycles. The highest BCUT2D eigenvalue weighted by molar-refractivity contribution is 5.79. The molecule has 3 saturated carbocycles. The Morgan fingerprint density at radius 3 is 2.06 bits per heavy atom. The number of carboxylic acid groups (broad SMARTS) is 1. The SMILES string of the molecule is CCCCCCCCCCCCCCCC=CCC(CC(=O)O)C(=O)OC1CC2CC1C1CCCC21. The maximum absolute atomic E-state index is 12.9. The first-order chi connectivity index (χ1) is 17.6. The van der Waals surface area contributed by atoms with Crippen molar-refractivity contribution in [2.24, 2.45) is 29.6 Å². The van der Waals surface area contributed by atoms with Crippen molar-refractivity contribution in [3.8, 4) is 0 Å². The number of hydrogen-bond donors (Lipinski definition) is 1. The fourth-order valence-electron chi connectivity index (χ4n) is 7.52. The van der Waals surface area contributed by atoms with E-state index < -0.39 is 11.9 Å². The Morgan fingerprint density at radius 1 is 0.806 bits per heavy atom. The Labute approximate surface area is 221 Å². The molecule has 0 amide bonds. The predicted molar refractivity (Wildman–Crippen MR) is 147 cm³/mol. The molecule has 4 heteroatoms. The molecule has 0 heterocycles. The van der Waals surface area contributed by atoms with Crippen LogP contribution in [0.2, 0.25) is 0 Å². The average molecular weight is 503 g/mol. The van der Waals surface area contributed by atoms with Crippen molar-refractivity contribution < 1.29 is 19.4 Å². The summed E-state index contributed by atoms with van der Waals surface area (Å²) in [5.41, 5.74) is 0. The van der Waals surface area contributed by atoms with Crippen molar-refractivity contribution in [1.82, 2.24) is 0 Å². The zero-order valence-corrected chi connectivity index (χ0v) is 23.1. The number of fused-ring (bicyclic) bond motifs is 5. The molecule has 3 fully saturated rings. The Morgan fingerprint density at radius 2 is 1.42 bits per heavy atom. The molecule has 1 N–H and O–H groups in total. The summed E-state index contributed by atoms with van der Waals surface area (Å²) in [4.78, 5) is 24.2. The maximum atomic E-state index is 12.9. The van der Waals surface area contributed by atoms with E-state index in [4.69, 9.17) is 4.74 Å². The molecule has 0 saturated heterocycles. The third-order valence-corrected chi connectivity index (χ3v) is 9.45. The van der Waals surface area contributed by atoms with Crippen molar-refractivity contribution in [1.29, 1.82) is 0 Å². The van der Waals surface area contributed by atoms with Crippen molar-refractivity contribution in [2.45, 2.75) is 148 Å². The minimum atomic E-state index is -0.911. The van der Waals surface area contributed by atoms with Crippen LogP contribution in [0.3, 0.4) is 0 Å². The molecule has 6 unspecified atom stereocenters. The molecule has 0 spiro atoms. The summed E-state index contributed by atoms with van der Waals surface area (Å²) in [5, 5.41) is 9.33. The highest BCUT2D eigenvalue weighted by atomic mass is 16.5. The van der Waals surface area contributed by atoms with Gasteiger partial charge in [-0.05, 0) is 68.6 Å². The number of aliphatic carboxylic acids is 1. The lowest BCUT2D eigenvalue weighted by atomic mass is 9.80. The standard InChI is InChI=1S/C32H54O4/c1-2-3-4-5-6-7-8-9-10-11-12-13-14-15-16-17-19-25(24-31(33)34)32(35)36-30-23-26-22-29(30)28-21-18-20-27(26)28/h16-17,25-30H,2-15,18-24H2,1H3,(H,33,34). The van der Waals surface area contributed by atoms with E-state index in [-0.39, 0.29) is 18.5 Å². The fraction of sp³-hybridized carbons (Fsp3) is 0.875. The quantitative estimate of drug-likeness (QED) is 0.103. The summed E-state index contributed by atoms with van der Waals surface area (Å²) in [5.74, 6) is 1.14. The molecular weight excluding hydrogens is 448 g/mol. The number of carboxylic acids is 1. The molecule has 3 rings (SSSR count). The first kappa shape index (κ1) is 29.2. The summed E-state index contributed by atoms with van der Waals surface area (Å²) >= 11 is 0. The van der Waals surface area contributed by atoms with Crippen LogP contribution >= 0.6 is 0 Å². The van der Waals surface area contributed by atoms with Crippen molar-refractivity contribution in [2.75, 3.05) is 0 Å². The van der Waals surface area contributed by atoms with Crippen LogP contribution in [0.4, 0.5) is 0 Å². The number of ether oxygens (including phenoxy) is 1. The van der Waals surface area contributed by atoms with Gasteiger partial charge in [0.05, 0.1) is 12.3 Å². The second kappa shape index (κ2) is 16.5. The van der Waals surface area contributed by atoms with Gasteiger partial charge >= 0.3 is 11.9 Å². The van der Waals surface area contributed by atoms with Crippen LogP contribution in [0.5, 0.6) is 0 Å². The van der Waals surface area contributed by atoms with Crippen LogP contribution in [0.1, 0.15) is 142 Å². The van der Waals surface area contributed by atoms with E-state index in [1.807, 2.05) is 6.08 Å². The Kier molecular flexibility index (Phi) is 13.4. The van der Waals surface area contributed by atoms with E-state index in [1.54, 1.807) is 0 Å². The summed E-state index contributed by atoms with van der Waals surface area (Å²) in [6.07, 6.45) is 29.4. The molecule has 0 radical (unpaired) electrons. The van der Waals surface area contributed by atoms with Gasteiger partial charge in [-0.3, -0.25) is 9.59 Å². The van der Waals surface area contributed by atoms with Crippen LogP contribution in [-0.4, -0.2) is 23.1 Å². The van der Waals surface area contributed by atoms with Crippen molar-refractivity contribution in [3.05, 3.63) is 12.2 Å². The van der Waals surface area contributed by atoms with Gasteiger partial charge in [0.1, 0.15) is 6.10 Å². The highest BCUT2D eigenvalue weighted by Crippen LogP contribution is 2.59. The largest absolute Gasteiger partial charge is 0.481 e. The molecule has 3 aliphatic carbocycles. The first-order valence-corrected chi connectivity index (χ1v) is 15.7. The van der Waals surface area contributed by atoms with Crippen molar-refractivity contribution in [3.63, 3.8) is 0 Å². The Bertz CT molecular complexity index is 671. The molecule has 206 valence electrons. The molecule has 0 aromatic carbocycles. The Hall–Kier alpha value is -1.32. The van der Waals surface area contributed by atoms with E-state index in [0.717, 1.165) is 30.6 Å². The first-order valence-electron chi connectivity index (χ1n) is 15.7. The number of unbranched alkanes of at least 4 members (excludes halogenated alkanes) is 13. The lowest BCUT2D eigenvalue weighted by molar-refractivity contribution is -0.161. The fourth-order valence-corrected chi connectivity index (χ4v) is 7.52. The number of carbonyl (C=O) groups excluding carboxylic acids is 1. The van der Waals surface area contributed by atoms with Gasteiger partial charge < -0.3 is 9.84 Å². The van der Waals surface area contributed by atoms with Gasteiger partial charge in [0.15, 0.2) is 0 Å². The van der Waals surface area contributed by atoms with Crippen LogP contribution in [0, 0.1) is 29.6 Å². The number of allylic oxidation sites excluding steroid dienone is 2. The molecule has 0 aromatic heterocycles. The number of carbonyl (C=O) groups is 2. The number of hydrogen-bond acceptors (Lipinski definition) is 3. The molecule has 36 heavy (non-hydrogen) atoms. The summed E-state index contributed by atoms with van der Waals surface area (Å²) in [7, 11) is 0. The second-order valence-corrected chi connectivity index (χ2v) is 12.2. The van der Waals surface area contributed by atoms with E-state index >= 15 is 0 Å². The highest BCUT2D eigenvalue weighted by Gasteiger charge is 2.55. The van der Waals surface area contributed by atoms with E-state index in [1.165, 1.54) is 109 Å². The third-order valence-electron chi connectivity index (χ3n) is 9.45. The van der Waals surface area contributed by atoms with E-state index in [9.17, 15) is 14.7 Å². The topological polar surface area (TPSA) is 63.6 Å². The molecule has 0 aromatic rings. The number of esters is 1. The normalized spacial score (nSPS) is 27.5. The zero-order valence-electron chi connectivity index (χ0n) is 23.1. The Balaban J connectivity index is 1.22. The van der Waals surface area contributed by atoms with Gasteiger partial charge in [-0.15, -0.1) is 0 Å². The molecule has 6 atom stereocenters. The van der Waals surface area contributed by atoms with E-state index in [0.29, 0.717) is 12.3 Å². The predicted octanol–water partition coefficient (Wildman–Crippen LogP) is 8.87. The molecule has 2 bridgehead atoms. The number of rotatable bonds is 20. The van der Waals surface area contributed by atoms with Gasteiger partial charge in [-0.2, -0.15) is 0 Å². The molecular formula is C32H54O4. The van der Waals surface area contributed by atoms with Crippen LogP contribution in [0.15, 0.2) is 12.2 Å². The minimum Gasteiger partial charge on any atom is -0.481 e. The smallest absolute Gasteiger partial charge is 0.310 e. The summed E-state index contributed by atoms with van der Waals surface area (Å²) in [6.45, 7) is 2.27. The zero-order chi connectivity index (χ0) is 25.6. The average Bonchev–Trinajstić information content (AvgIpc) is 3.57. The third kappa shape index (κ3) is 9.53. The van der Waals surface area contributed by atoms with Gasteiger partial charge in [-0.1, -0.05) is 103 Å². The van der Waals surface area contributed by atoms with Crippen LogP contribution in [-0.2, 0) is 14.3 Å². The lowest BCUT2D eigenvalue weighted by Crippen LogP contribution is -2.34. The second-order valence-electron chi connectivity index (χ2n) is 12.2. The van der Waals surface area contributed by atoms with Gasteiger partial charge in [0, 0.05) is 0 Å². The monoisotopic (exact) mass is 502 g/mol. The molecule has 4 nitrogen and oxygen atoms in total. The van der Waals surface area contributed by atoms with E-state index in [2.05, 4.69) is 13.0 Å². The minimum absolute atomic E-state index is 0.0351. The summed E-state index contributed by atoms with van der Waals surface area (Å²) in [6, 6.07) is 0. The maximum Gasteiger partial charge on any atom is 0.310 e. The van der Waals surface area contributed by atoms with Gasteiger partial charge in [0.25, 0.3) is 0 Å². The van der Waals surface area contributed by atoms with Crippen molar-refractivity contribution >= 4 is 11.9 Å².